The van der Waals surface area contributed by atoms with Gasteiger partial charge in [0, 0.05) is 43.5 Å². The predicted molar refractivity (Wildman–Crippen MR) is 113 cm³/mol. The second-order valence-corrected chi connectivity index (χ2v) is 9.27. The van der Waals surface area contributed by atoms with Crippen LogP contribution in [0.4, 0.5) is 13.2 Å². The lowest BCUT2D eigenvalue weighted by molar-refractivity contribution is -0.137. The van der Waals surface area contributed by atoms with Crippen molar-refractivity contribution in [1.82, 2.24) is 10.6 Å². The smallest absolute Gasteiger partial charge is 0.381 e. The molecular formula is C21H30F3N3OS. The number of hydrogen-bond acceptors (Lipinski definition) is 3. The van der Waals surface area contributed by atoms with Gasteiger partial charge in [0.15, 0.2) is 5.96 Å². The van der Waals surface area contributed by atoms with Gasteiger partial charge in [0.1, 0.15) is 0 Å². The summed E-state index contributed by atoms with van der Waals surface area (Å²) in [4.78, 5) is 4.32. The molecule has 1 aliphatic carbocycles. The fourth-order valence-corrected chi connectivity index (χ4v) is 4.90. The summed E-state index contributed by atoms with van der Waals surface area (Å²) in [7, 11) is 1.72. The Morgan fingerprint density at radius 3 is 2.38 bits per heavy atom. The van der Waals surface area contributed by atoms with Crippen LogP contribution >= 0.6 is 11.8 Å². The highest BCUT2D eigenvalue weighted by atomic mass is 32.2. The lowest BCUT2D eigenvalue weighted by Gasteiger charge is -2.43. The van der Waals surface area contributed by atoms with Crippen LogP contribution in [0.5, 0.6) is 0 Å². The van der Waals surface area contributed by atoms with Crippen molar-refractivity contribution in [2.75, 3.05) is 39.6 Å². The Labute approximate surface area is 175 Å². The Balaban J connectivity index is 1.63. The molecule has 2 aliphatic rings. The van der Waals surface area contributed by atoms with Gasteiger partial charge in [0.05, 0.1) is 5.56 Å². The van der Waals surface area contributed by atoms with Crippen molar-refractivity contribution in [3.63, 3.8) is 0 Å². The van der Waals surface area contributed by atoms with Crippen LogP contribution in [0, 0.1) is 0 Å². The number of alkyl halides is 3. The first-order valence-electron chi connectivity index (χ1n) is 10.1. The molecular weight excluding hydrogens is 399 g/mol. The van der Waals surface area contributed by atoms with E-state index in [1.54, 1.807) is 7.05 Å². The van der Waals surface area contributed by atoms with E-state index in [2.05, 4.69) is 21.9 Å². The Morgan fingerprint density at radius 2 is 1.83 bits per heavy atom. The summed E-state index contributed by atoms with van der Waals surface area (Å²) in [5.41, 5.74) is -0.0915. The minimum atomic E-state index is -4.32. The molecule has 29 heavy (non-hydrogen) atoms. The van der Waals surface area contributed by atoms with Crippen LogP contribution in [-0.4, -0.2) is 50.3 Å². The molecule has 162 valence electrons. The van der Waals surface area contributed by atoms with E-state index in [4.69, 9.17) is 4.74 Å². The third-order valence-corrected chi connectivity index (χ3v) is 7.76. The van der Waals surface area contributed by atoms with Crippen molar-refractivity contribution in [1.29, 1.82) is 0 Å². The SMILES string of the molecule is CN=C(NCC1(SC)CCOCC1)NCC1(c2cccc(C(F)(F)F)c2)CCC1. The standard InChI is InChI=1S/C21H30F3N3OS/c1-25-18(27-15-20(29-2)9-11-28-12-10-20)26-14-19(7-4-8-19)16-5-3-6-17(13-16)21(22,23)24/h3,5-6,13H,4,7-12,14-15H2,1-2H3,(H2,25,26,27). The van der Waals surface area contributed by atoms with Crippen molar-refractivity contribution in [2.24, 2.45) is 4.99 Å². The maximum atomic E-state index is 13.1. The molecule has 0 atom stereocenters. The number of rotatable bonds is 6. The van der Waals surface area contributed by atoms with Crippen molar-refractivity contribution in [3.8, 4) is 0 Å². The molecule has 0 bridgehead atoms. The Kier molecular flexibility index (Phi) is 7.04. The number of aliphatic imine (C=N–C) groups is 1. The Bertz CT molecular complexity index is 713. The third kappa shape index (κ3) is 5.20. The van der Waals surface area contributed by atoms with Crippen LogP contribution in [-0.2, 0) is 16.3 Å². The number of thioether (sulfide) groups is 1. The molecule has 1 aromatic carbocycles. The van der Waals surface area contributed by atoms with Gasteiger partial charge < -0.3 is 15.4 Å². The van der Waals surface area contributed by atoms with E-state index in [0.717, 1.165) is 63.5 Å². The molecule has 2 N–H and O–H groups in total. The molecule has 0 spiro atoms. The quantitative estimate of drug-likeness (QED) is 0.526. The van der Waals surface area contributed by atoms with Gasteiger partial charge in [-0.3, -0.25) is 4.99 Å². The number of guanidine groups is 1. The first kappa shape index (κ1) is 22.3. The maximum absolute atomic E-state index is 13.1. The summed E-state index contributed by atoms with van der Waals surface area (Å²) in [5, 5.41) is 6.79. The van der Waals surface area contributed by atoms with E-state index in [0.29, 0.717) is 12.5 Å². The molecule has 4 nitrogen and oxygen atoms in total. The van der Waals surface area contributed by atoms with E-state index in [-0.39, 0.29) is 10.2 Å². The van der Waals surface area contributed by atoms with Crippen LogP contribution < -0.4 is 10.6 Å². The molecule has 1 heterocycles. The molecule has 0 unspecified atom stereocenters. The molecule has 1 aromatic rings. The van der Waals surface area contributed by atoms with Crippen LogP contribution in [0.3, 0.4) is 0 Å². The summed E-state index contributed by atoms with van der Waals surface area (Å²) in [6.45, 7) is 2.90. The predicted octanol–water partition coefficient (Wildman–Crippen LogP) is 4.20. The highest BCUT2D eigenvalue weighted by molar-refractivity contribution is 8.00. The monoisotopic (exact) mass is 429 g/mol. The summed E-state index contributed by atoms with van der Waals surface area (Å²) in [6.07, 6.45) is 2.58. The van der Waals surface area contributed by atoms with Crippen LogP contribution in [0.15, 0.2) is 29.3 Å². The van der Waals surface area contributed by atoms with E-state index in [1.165, 1.54) is 12.1 Å². The zero-order chi connectivity index (χ0) is 21.0. The van der Waals surface area contributed by atoms with Gasteiger partial charge in [0.25, 0.3) is 0 Å². The Morgan fingerprint density at radius 1 is 1.14 bits per heavy atom. The first-order valence-corrected chi connectivity index (χ1v) is 11.3. The fourth-order valence-electron chi connectivity index (χ4n) is 4.11. The molecule has 0 amide bonds. The zero-order valence-corrected chi connectivity index (χ0v) is 17.9. The van der Waals surface area contributed by atoms with E-state index < -0.39 is 11.7 Å². The second kappa shape index (κ2) is 9.16. The summed E-state index contributed by atoms with van der Waals surface area (Å²) < 4.78 is 45.0. The van der Waals surface area contributed by atoms with Crippen molar-refractivity contribution < 1.29 is 17.9 Å². The average Bonchev–Trinajstić information content (AvgIpc) is 2.69. The normalized spacial score (nSPS) is 21.3. The summed E-state index contributed by atoms with van der Waals surface area (Å²) >= 11 is 1.85. The van der Waals surface area contributed by atoms with Crippen molar-refractivity contribution in [2.45, 2.75) is 48.4 Å². The lowest BCUT2D eigenvalue weighted by atomic mass is 9.64. The highest BCUT2D eigenvalue weighted by Gasteiger charge is 2.40. The number of hydrogen-bond donors (Lipinski definition) is 2. The first-order chi connectivity index (χ1) is 13.8. The molecule has 0 aromatic heterocycles. The summed E-state index contributed by atoms with van der Waals surface area (Å²) in [5.74, 6) is 0.697. The highest BCUT2D eigenvalue weighted by Crippen LogP contribution is 2.44. The number of nitrogens with zero attached hydrogens (tertiary/aromatic N) is 1. The van der Waals surface area contributed by atoms with Gasteiger partial charge in [-0.2, -0.15) is 24.9 Å². The van der Waals surface area contributed by atoms with Gasteiger partial charge in [-0.1, -0.05) is 24.6 Å². The lowest BCUT2D eigenvalue weighted by Crippen LogP contribution is -2.52. The second-order valence-electron chi connectivity index (χ2n) is 7.99. The molecule has 1 saturated heterocycles. The van der Waals surface area contributed by atoms with Crippen molar-refractivity contribution >= 4 is 17.7 Å². The van der Waals surface area contributed by atoms with Crippen molar-refractivity contribution in [3.05, 3.63) is 35.4 Å². The van der Waals surface area contributed by atoms with Gasteiger partial charge in [-0.05, 0) is 43.6 Å². The molecule has 0 radical (unpaired) electrons. The third-order valence-electron chi connectivity index (χ3n) is 6.35. The van der Waals surface area contributed by atoms with Gasteiger partial charge in [-0.15, -0.1) is 0 Å². The Hall–Kier alpha value is -1.41. The van der Waals surface area contributed by atoms with Crippen LogP contribution in [0.1, 0.15) is 43.2 Å². The van der Waals surface area contributed by atoms with E-state index in [1.807, 2.05) is 17.8 Å². The fraction of sp³-hybridized carbons (Fsp3) is 0.667. The minimum Gasteiger partial charge on any atom is -0.381 e. The topological polar surface area (TPSA) is 45.7 Å². The molecule has 1 aliphatic heterocycles. The van der Waals surface area contributed by atoms with Gasteiger partial charge >= 0.3 is 6.18 Å². The van der Waals surface area contributed by atoms with Crippen LogP contribution in [0.25, 0.3) is 0 Å². The number of benzene rings is 1. The molecule has 3 rings (SSSR count). The maximum Gasteiger partial charge on any atom is 0.416 e. The number of ether oxygens (including phenoxy) is 1. The van der Waals surface area contributed by atoms with Crippen LogP contribution in [0.2, 0.25) is 0 Å². The number of nitrogens with one attached hydrogen (secondary N) is 2. The van der Waals surface area contributed by atoms with Gasteiger partial charge in [0.2, 0.25) is 0 Å². The molecule has 1 saturated carbocycles. The molecule has 8 heteroatoms. The molecule has 2 fully saturated rings. The largest absolute Gasteiger partial charge is 0.416 e. The zero-order valence-electron chi connectivity index (χ0n) is 17.1. The minimum absolute atomic E-state index is 0.130. The van der Waals surface area contributed by atoms with E-state index in [9.17, 15) is 13.2 Å². The number of halogens is 3. The summed E-state index contributed by atoms with van der Waals surface area (Å²) in [6, 6.07) is 5.77. The van der Waals surface area contributed by atoms with Gasteiger partial charge in [-0.25, -0.2) is 0 Å². The average molecular weight is 430 g/mol. The van der Waals surface area contributed by atoms with E-state index >= 15 is 0 Å².